The standard InChI is InChI=1S/C15H18Cl2N4S/c1-9-8-22-14(20-9)7-19-15(18-3)21-10(2)12-5-4-11(16)6-13(12)17/h4-6,8,10H,7H2,1-3H3,(H2,18,19,21). The van der Waals surface area contributed by atoms with Crippen LogP contribution in [-0.2, 0) is 6.54 Å². The van der Waals surface area contributed by atoms with Crippen LogP contribution in [0.2, 0.25) is 10.0 Å². The lowest BCUT2D eigenvalue weighted by molar-refractivity contribution is 0.685. The molecule has 1 atom stereocenters. The Kier molecular flexibility index (Phi) is 6.06. The molecule has 0 radical (unpaired) electrons. The normalized spacial score (nSPS) is 13.0. The van der Waals surface area contributed by atoms with Crippen molar-refractivity contribution in [3.63, 3.8) is 0 Å². The molecule has 0 bridgehead atoms. The minimum Gasteiger partial charge on any atom is -0.350 e. The molecular formula is C15H18Cl2N4S. The highest BCUT2D eigenvalue weighted by atomic mass is 35.5. The predicted octanol–water partition coefficient (Wildman–Crippen LogP) is 4.18. The Morgan fingerprint density at radius 1 is 1.41 bits per heavy atom. The fourth-order valence-corrected chi connectivity index (χ4v) is 3.26. The first-order valence-electron chi connectivity index (χ1n) is 6.82. The molecule has 1 heterocycles. The van der Waals surface area contributed by atoms with Gasteiger partial charge in [-0.15, -0.1) is 11.3 Å². The molecule has 7 heteroatoms. The maximum absolute atomic E-state index is 6.23. The number of aromatic nitrogens is 1. The predicted molar refractivity (Wildman–Crippen MR) is 95.1 cm³/mol. The summed E-state index contributed by atoms with van der Waals surface area (Å²) in [5, 5.41) is 10.9. The van der Waals surface area contributed by atoms with Gasteiger partial charge in [0.25, 0.3) is 0 Å². The summed E-state index contributed by atoms with van der Waals surface area (Å²) < 4.78 is 0. The third kappa shape index (κ3) is 4.60. The van der Waals surface area contributed by atoms with E-state index in [-0.39, 0.29) is 6.04 Å². The number of aryl methyl sites for hydroxylation is 1. The second-order valence-corrected chi connectivity index (χ2v) is 6.63. The van der Waals surface area contributed by atoms with Crippen LogP contribution < -0.4 is 10.6 Å². The number of thiazole rings is 1. The van der Waals surface area contributed by atoms with Gasteiger partial charge in [0.05, 0.1) is 12.6 Å². The molecule has 2 aromatic rings. The Labute approximate surface area is 144 Å². The molecule has 0 saturated heterocycles. The summed E-state index contributed by atoms with van der Waals surface area (Å²) in [5.41, 5.74) is 2.00. The number of nitrogens with one attached hydrogen (secondary N) is 2. The van der Waals surface area contributed by atoms with Gasteiger partial charge in [0.2, 0.25) is 0 Å². The number of guanidine groups is 1. The van der Waals surface area contributed by atoms with Gasteiger partial charge in [-0.3, -0.25) is 4.99 Å². The average Bonchev–Trinajstić information content (AvgIpc) is 2.88. The van der Waals surface area contributed by atoms with E-state index >= 15 is 0 Å². The van der Waals surface area contributed by atoms with E-state index in [9.17, 15) is 0 Å². The average molecular weight is 357 g/mol. The van der Waals surface area contributed by atoms with Crippen molar-refractivity contribution >= 4 is 40.5 Å². The molecule has 22 heavy (non-hydrogen) atoms. The first kappa shape index (κ1) is 17.1. The Bertz CT molecular complexity index is 669. The quantitative estimate of drug-likeness (QED) is 0.637. The van der Waals surface area contributed by atoms with Crippen LogP contribution in [0, 0.1) is 6.92 Å². The molecule has 0 saturated carbocycles. The Morgan fingerprint density at radius 2 is 2.18 bits per heavy atom. The van der Waals surface area contributed by atoms with Gasteiger partial charge < -0.3 is 10.6 Å². The van der Waals surface area contributed by atoms with Gasteiger partial charge in [-0.25, -0.2) is 4.98 Å². The molecule has 0 aliphatic rings. The van der Waals surface area contributed by atoms with Crippen LogP contribution in [-0.4, -0.2) is 18.0 Å². The topological polar surface area (TPSA) is 49.3 Å². The van der Waals surface area contributed by atoms with Crippen molar-refractivity contribution in [2.75, 3.05) is 7.05 Å². The molecule has 1 aromatic heterocycles. The fraction of sp³-hybridized carbons (Fsp3) is 0.333. The zero-order chi connectivity index (χ0) is 16.1. The minimum absolute atomic E-state index is 0.00833. The third-order valence-electron chi connectivity index (χ3n) is 3.08. The molecule has 2 N–H and O–H groups in total. The minimum atomic E-state index is 0.00833. The summed E-state index contributed by atoms with van der Waals surface area (Å²) in [5.74, 6) is 0.700. The number of benzene rings is 1. The lowest BCUT2D eigenvalue weighted by Gasteiger charge is -2.19. The summed E-state index contributed by atoms with van der Waals surface area (Å²) in [6.07, 6.45) is 0. The number of aliphatic imine (C=N–C) groups is 1. The highest BCUT2D eigenvalue weighted by Crippen LogP contribution is 2.25. The van der Waals surface area contributed by atoms with Crippen molar-refractivity contribution in [1.29, 1.82) is 0 Å². The second kappa shape index (κ2) is 7.81. The van der Waals surface area contributed by atoms with Gasteiger partial charge in [0.1, 0.15) is 5.01 Å². The van der Waals surface area contributed by atoms with Crippen LogP contribution in [0.4, 0.5) is 0 Å². The Hall–Kier alpha value is -1.30. The summed E-state index contributed by atoms with van der Waals surface area (Å²) in [6.45, 7) is 4.65. The van der Waals surface area contributed by atoms with Gasteiger partial charge in [-0.2, -0.15) is 0 Å². The van der Waals surface area contributed by atoms with Crippen LogP contribution >= 0.6 is 34.5 Å². The van der Waals surface area contributed by atoms with Crippen LogP contribution in [0.25, 0.3) is 0 Å². The van der Waals surface area contributed by atoms with Gasteiger partial charge >= 0.3 is 0 Å². The van der Waals surface area contributed by atoms with Gasteiger partial charge in [-0.05, 0) is 31.5 Å². The van der Waals surface area contributed by atoms with E-state index in [1.807, 2.05) is 31.4 Å². The smallest absolute Gasteiger partial charge is 0.191 e. The summed E-state index contributed by atoms with van der Waals surface area (Å²) in [4.78, 5) is 8.64. The maximum atomic E-state index is 6.23. The van der Waals surface area contributed by atoms with Gasteiger partial charge in [0, 0.05) is 28.2 Å². The van der Waals surface area contributed by atoms with E-state index in [0.29, 0.717) is 22.5 Å². The number of hydrogen-bond acceptors (Lipinski definition) is 3. The number of hydrogen-bond donors (Lipinski definition) is 2. The number of halogens is 2. The monoisotopic (exact) mass is 356 g/mol. The summed E-state index contributed by atoms with van der Waals surface area (Å²) in [7, 11) is 1.73. The summed E-state index contributed by atoms with van der Waals surface area (Å²) in [6, 6.07) is 5.49. The van der Waals surface area contributed by atoms with E-state index in [1.54, 1.807) is 24.5 Å². The van der Waals surface area contributed by atoms with Gasteiger partial charge in [-0.1, -0.05) is 29.3 Å². The van der Waals surface area contributed by atoms with Gasteiger partial charge in [0.15, 0.2) is 5.96 Å². The highest BCUT2D eigenvalue weighted by Gasteiger charge is 2.12. The van der Waals surface area contributed by atoms with E-state index in [1.165, 1.54) is 0 Å². The van der Waals surface area contributed by atoms with Crippen molar-refractivity contribution in [2.45, 2.75) is 26.4 Å². The molecule has 118 valence electrons. The zero-order valence-electron chi connectivity index (χ0n) is 12.7. The molecule has 2 rings (SSSR count). The summed E-state index contributed by atoms with van der Waals surface area (Å²) >= 11 is 13.8. The molecule has 0 fully saturated rings. The highest BCUT2D eigenvalue weighted by molar-refractivity contribution is 7.09. The van der Waals surface area contributed by atoms with Crippen molar-refractivity contribution in [3.8, 4) is 0 Å². The van der Waals surface area contributed by atoms with Crippen molar-refractivity contribution < 1.29 is 0 Å². The third-order valence-corrected chi connectivity index (χ3v) is 4.61. The van der Waals surface area contributed by atoms with Crippen LogP contribution in [0.3, 0.4) is 0 Å². The molecule has 1 aromatic carbocycles. The Balaban J connectivity index is 1.97. The molecule has 0 aliphatic carbocycles. The number of rotatable bonds is 4. The van der Waals surface area contributed by atoms with E-state index < -0.39 is 0 Å². The second-order valence-electron chi connectivity index (χ2n) is 4.84. The lowest BCUT2D eigenvalue weighted by atomic mass is 10.1. The first-order valence-corrected chi connectivity index (χ1v) is 8.46. The lowest BCUT2D eigenvalue weighted by Crippen LogP contribution is -2.38. The SMILES string of the molecule is CN=C(NCc1nc(C)cs1)NC(C)c1ccc(Cl)cc1Cl. The van der Waals surface area contributed by atoms with Crippen molar-refractivity contribution in [1.82, 2.24) is 15.6 Å². The van der Waals surface area contributed by atoms with Crippen LogP contribution in [0.5, 0.6) is 0 Å². The molecule has 0 aliphatic heterocycles. The molecular weight excluding hydrogens is 339 g/mol. The fourth-order valence-electron chi connectivity index (χ4n) is 1.97. The molecule has 0 amide bonds. The molecule has 4 nitrogen and oxygen atoms in total. The van der Waals surface area contributed by atoms with Crippen LogP contribution in [0.1, 0.15) is 29.2 Å². The van der Waals surface area contributed by atoms with E-state index in [4.69, 9.17) is 23.2 Å². The van der Waals surface area contributed by atoms with Crippen molar-refractivity contribution in [2.24, 2.45) is 4.99 Å². The molecule has 0 spiro atoms. The van der Waals surface area contributed by atoms with Crippen LogP contribution in [0.15, 0.2) is 28.6 Å². The largest absolute Gasteiger partial charge is 0.350 e. The van der Waals surface area contributed by atoms with E-state index in [0.717, 1.165) is 16.3 Å². The van der Waals surface area contributed by atoms with Crippen molar-refractivity contribution in [3.05, 3.63) is 49.9 Å². The maximum Gasteiger partial charge on any atom is 0.191 e. The molecule has 1 unspecified atom stereocenters. The zero-order valence-corrected chi connectivity index (χ0v) is 15.0. The van der Waals surface area contributed by atoms with E-state index in [2.05, 4.69) is 20.6 Å². The Morgan fingerprint density at radius 3 is 2.77 bits per heavy atom. The number of nitrogens with zero attached hydrogens (tertiary/aromatic N) is 2. The first-order chi connectivity index (χ1) is 10.5.